The molecule has 0 saturated heterocycles. The minimum Gasteiger partial charge on any atom is -0.312 e. The largest absolute Gasteiger partial charge is 0.312 e. The van der Waals surface area contributed by atoms with Gasteiger partial charge >= 0.3 is 0 Å². The summed E-state index contributed by atoms with van der Waals surface area (Å²) in [6, 6.07) is 11.4. The molecule has 0 aliphatic rings. The zero-order chi connectivity index (χ0) is 16.1. The van der Waals surface area contributed by atoms with E-state index in [1.165, 1.54) is 18.2 Å². The molecule has 6 heteroatoms. The Morgan fingerprint density at radius 2 is 1.91 bits per heavy atom. The van der Waals surface area contributed by atoms with Crippen LogP contribution in [0.5, 0.6) is 0 Å². The van der Waals surface area contributed by atoms with E-state index < -0.39 is 0 Å². The summed E-state index contributed by atoms with van der Waals surface area (Å²) < 4.78 is 15.0. The van der Waals surface area contributed by atoms with Crippen LogP contribution in [0.3, 0.4) is 0 Å². The van der Waals surface area contributed by atoms with Gasteiger partial charge in [0.15, 0.2) is 0 Å². The van der Waals surface area contributed by atoms with Crippen LogP contribution in [-0.2, 0) is 6.54 Å². The normalized spacial score (nSPS) is 10.5. The number of hydrogen-bond donors (Lipinski definition) is 0. The Balaban J connectivity index is 2.25. The lowest BCUT2D eigenvalue weighted by molar-refractivity contribution is -0.385. The van der Waals surface area contributed by atoms with Gasteiger partial charge in [0.2, 0.25) is 0 Å². The van der Waals surface area contributed by atoms with Gasteiger partial charge in [0.1, 0.15) is 5.82 Å². The van der Waals surface area contributed by atoms with E-state index in [1.54, 1.807) is 37.1 Å². The fourth-order valence-electron chi connectivity index (χ4n) is 2.12. The third-order valence-corrected chi connectivity index (χ3v) is 4.10. The van der Waals surface area contributed by atoms with Crippen molar-refractivity contribution in [2.24, 2.45) is 0 Å². The van der Waals surface area contributed by atoms with E-state index in [0.717, 1.165) is 17.0 Å². The Kier molecular flexibility index (Phi) is 5.38. The molecule has 116 valence electrons. The molecule has 0 fully saturated rings. The van der Waals surface area contributed by atoms with Crippen molar-refractivity contribution in [2.45, 2.75) is 20.4 Å². The van der Waals surface area contributed by atoms with Gasteiger partial charge in [-0.1, -0.05) is 19.1 Å². The number of nitro benzene ring substituents is 1. The Hall–Kier alpha value is -2.08. The van der Waals surface area contributed by atoms with Crippen molar-refractivity contribution in [1.29, 1.82) is 0 Å². The van der Waals surface area contributed by atoms with Crippen LogP contribution in [0.25, 0.3) is 0 Å². The van der Waals surface area contributed by atoms with Crippen molar-refractivity contribution in [3.8, 4) is 0 Å². The van der Waals surface area contributed by atoms with Crippen LogP contribution < -0.4 is 4.31 Å². The zero-order valence-corrected chi connectivity index (χ0v) is 13.3. The van der Waals surface area contributed by atoms with Crippen LogP contribution in [0, 0.1) is 22.9 Å². The van der Waals surface area contributed by atoms with Crippen molar-refractivity contribution in [1.82, 2.24) is 0 Å². The number of nitrogens with zero attached hydrogens (tertiary/aromatic N) is 2. The first-order valence-electron chi connectivity index (χ1n) is 6.91. The van der Waals surface area contributed by atoms with Crippen LogP contribution in [0.2, 0.25) is 0 Å². The average molecular weight is 320 g/mol. The molecule has 0 amide bonds. The van der Waals surface area contributed by atoms with Gasteiger partial charge in [0.05, 0.1) is 11.5 Å². The quantitative estimate of drug-likeness (QED) is 0.439. The van der Waals surface area contributed by atoms with Gasteiger partial charge in [-0.05, 0) is 48.7 Å². The molecule has 0 radical (unpaired) electrons. The Morgan fingerprint density at radius 3 is 2.45 bits per heavy atom. The second kappa shape index (κ2) is 7.26. The van der Waals surface area contributed by atoms with E-state index >= 15 is 0 Å². The topological polar surface area (TPSA) is 46.4 Å². The average Bonchev–Trinajstić information content (AvgIpc) is 2.48. The summed E-state index contributed by atoms with van der Waals surface area (Å²) in [5.41, 5.74) is 2.63. The summed E-state index contributed by atoms with van der Waals surface area (Å²) in [7, 11) is 0. The van der Waals surface area contributed by atoms with Crippen LogP contribution in [0.4, 0.5) is 15.8 Å². The van der Waals surface area contributed by atoms with Gasteiger partial charge in [0, 0.05) is 23.1 Å². The second-order valence-corrected chi connectivity index (χ2v) is 6.09. The number of rotatable bonds is 6. The summed E-state index contributed by atoms with van der Waals surface area (Å²) in [6.07, 6.45) is 0. The van der Waals surface area contributed by atoms with E-state index in [1.807, 2.05) is 13.0 Å². The molecule has 0 spiro atoms. The van der Waals surface area contributed by atoms with Crippen LogP contribution in [0.1, 0.15) is 18.1 Å². The zero-order valence-electron chi connectivity index (χ0n) is 12.5. The van der Waals surface area contributed by atoms with E-state index in [9.17, 15) is 14.5 Å². The first kappa shape index (κ1) is 16.3. The van der Waals surface area contributed by atoms with Gasteiger partial charge in [-0.25, -0.2) is 4.39 Å². The van der Waals surface area contributed by atoms with Crippen LogP contribution in [-0.4, -0.2) is 10.7 Å². The number of halogens is 1. The highest BCUT2D eigenvalue weighted by molar-refractivity contribution is 8.00. The van der Waals surface area contributed by atoms with E-state index in [2.05, 4.69) is 4.31 Å². The fourth-order valence-corrected chi connectivity index (χ4v) is 2.94. The molecule has 0 heterocycles. The predicted octanol–water partition coefficient (Wildman–Crippen LogP) is 4.72. The van der Waals surface area contributed by atoms with Crippen LogP contribution in [0.15, 0.2) is 42.5 Å². The lowest BCUT2D eigenvalue weighted by Gasteiger charge is -2.23. The van der Waals surface area contributed by atoms with Crippen molar-refractivity contribution >= 4 is 23.3 Å². The molecule has 0 aromatic heterocycles. The van der Waals surface area contributed by atoms with E-state index in [-0.39, 0.29) is 16.4 Å². The molecule has 0 saturated carbocycles. The standard InChI is InChI=1S/C16H17FN2O2S/c1-3-22-18(11-13-4-6-14(17)7-5-13)15-8-9-16(19(20)21)12(2)10-15/h4-10H,3,11H2,1-2H3. The van der Waals surface area contributed by atoms with E-state index in [4.69, 9.17) is 0 Å². The number of benzene rings is 2. The molecule has 0 bridgehead atoms. The van der Waals surface area contributed by atoms with E-state index in [0.29, 0.717) is 12.1 Å². The molecule has 0 N–H and O–H groups in total. The van der Waals surface area contributed by atoms with Crippen LogP contribution >= 0.6 is 11.9 Å². The van der Waals surface area contributed by atoms with Gasteiger partial charge in [-0.3, -0.25) is 10.1 Å². The summed E-state index contributed by atoms with van der Waals surface area (Å²) in [6.45, 7) is 4.38. The minimum atomic E-state index is -0.379. The van der Waals surface area contributed by atoms with Gasteiger partial charge < -0.3 is 4.31 Å². The van der Waals surface area contributed by atoms with Gasteiger partial charge in [0.25, 0.3) is 5.69 Å². The molecule has 0 aliphatic carbocycles. The highest BCUT2D eigenvalue weighted by Gasteiger charge is 2.14. The third-order valence-electron chi connectivity index (χ3n) is 3.19. The Labute approximate surface area is 133 Å². The minimum absolute atomic E-state index is 0.118. The summed E-state index contributed by atoms with van der Waals surface area (Å²) in [5.74, 6) is 0.613. The second-order valence-electron chi connectivity index (χ2n) is 4.81. The first-order valence-corrected chi connectivity index (χ1v) is 7.85. The monoisotopic (exact) mass is 320 g/mol. The molecule has 22 heavy (non-hydrogen) atoms. The summed E-state index contributed by atoms with van der Waals surface area (Å²) in [5, 5.41) is 10.9. The summed E-state index contributed by atoms with van der Waals surface area (Å²) >= 11 is 1.62. The Bertz CT molecular complexity index is 662. The smallest absolute Gasteiger partial charge is 0.272 e. The molecule has 2 rings (SSSR count). The molecule has 0 aliphatic heterocycles. The molecule has 0 unspecified atom stereocenters. The molecule has 2 aromatic carbocycles. The molecular weight excluding hydrogens is 303 g/mol. The third kappa shape index (κ3) is 3.98. The maximum atomic E-state index is 13.0. The predicted molar refractivity (Wildman–Crippen MR) is 88.5 cm³/mol. The summed E-state index contributed by atoms with van der Waals surface area (Å²) in [4.78, 5) is 10.5. The van der Waals surface area contributed by atoms with Gasteiger partial charge in [-0.2, -0.15) is 0 Å². The van der Waals surface area contributed by atoms with Crippen molar-refractivity contribution in [3.05, 3.63) is 69.5 Å². The number of hydrogen-bond acceptors (Lipinski definition) is 4. The fraction of sp³-hybridized carbons (Fsp3) is 0.250. The maximum absolute atomic E-state index is 13.0. The Morgan fingerprint density at radius 1 is 1.23 bits per heavy atom. The highest BCUT2D eigenvalue weighted by atomic mass is 32.2. The number of aryl methyl sites for hydroxylation is 1. The number of nitro groups is 1. The molecular formula is C16H17FN2O2S. The lowest BCUT2D eigenvalue weighted by atomic mass is 10.1. The maximum Gasteiger partial charge on any atom is 0.272 e. The highest BCUT2D eigenvalue weighted by Crippen LogP contribution is 2.29. The SMILES string of the molecule is CCSN(Cc1ccc(F)cc1)c1ccc([N+](=O)[O-])c(C)c1. The number of anilines is 1. The molecule has 2 aromatic rings. The molecule has 4 nitrogen and oxygen atoms in total. The van der Waals surface area contributed by atoms with Crippen molar-refractivity contribution < 1.29 is 9.31 Å². The van der Waals surface area contributed by atoms with Crippen molar-refractivity contribution in [3.63, 3.8) is 0 Å². The molecule has 0 atom stereocenters. The first-order chi connectivity index (χ1) is 10.5. The lowest BCUT2D eigenvalue weighted by Crippen LogP contribution is -2.14. The van der Waals surface area contributed by atoms with Gasteiger partial charge in [-0.15, -0.1) is 0 Å². The van der Waals surface area contributed by atoms with Crippen molar-refractivity contribution in [2.75, 3.05) is 10.1 Å².